The largest absolute Gasteiger partial charge is 0.106 e. The first-order chi connectivity index (χ1) is 8.23. The Morgan fingerprint density at radius 2 is 1.33 bits per heavy atom. The fourth-order valence-corrected chi connectivity index (χ4v) is 1.14. The quantitative estimate of drug-likeness (QED) is 0.392. The summed E-state index contributed by atoms with van der Waals surface area (Å²) in [6.07, 6.45) is 8.61. The fraction of sp³-hybridized carbons (Fsp3) is 0.556. The van der Waals surface area contributed by atoms with Gasteiger partial charge < -0.3 is 0 Å². The van der Waals surface area contributed by atoms with Crippen molar-refractivity contribution in [3.8, 4) is 0 Å². The van der Waals surface area contributed by atoms with Crippen molar-refractivity contribution >= 4 is 0 Å². The Bertz CT molecular complexity index is 256. The molecule has 0 aromatic carbocycles. The summed E-state index contributed by atoms with van der Waals surface area (Å²) in [6.45, 7) is 26.9. The second-order valence-corrected chi connectivity index (χ2v) is 5.37. The zero-order valence-electron chi connectivity index (χ0n) is 13.9. The monoisotopic (exact) mass is 250 g/mol. The van der Waals surface area contributed by atoms with Crippen molar-refractivity contribution in [2.24, 2.45) is 10.8 Å². The zero-order valence-corrected chi connectivity index (χ0v) is 13.9. The van der Waals surface area contributed by atoms with Crippen LogP contribution in [0.2, 0.25) is 0 Å². The highest BCUT2D eigenvalue weighted by Crippen LogP contribution is 2.29. The summed E-state index contributed by atoms with van der Waals surface area (Å²) in [5.74, 6) is 0. The molecule has 0 aliphatic rings. The Labute approximate surface area is 116 Å². The van der Waals surface area contributed by atoms with Crippen molar-refractivity contribution in [1.82, 2.24) is 0 Å². The molecule has 0 fully saturated rings. The van der Waals surface area contributed by atoms with Crippen LogP contribution in [-0.2, 0) is 0 Å². The lowest BCUT2D eigenvalue weighted by molar-refractivity contribution is 0.538. The van der Waals surface area contributed by atoms with Crippen molar-refractivity contribution in [2.45, 2.75) is 55.4 Å². The van der Waals surface area contributed by atoms with Crippen LogP contribution in [0.1, 0.15) is 55.4 Å². The van der Waals surface area contributed by atoms with Crippen LogP contribution in [0.4, 0.5) is 0 Å². The molecular weight excluding hydrogens is 216 g/mol. The normalized spacial score (nSPS) is 12.1. The Hall–Kier alpha value is -1.04. The Morgan fingerprint density at radius 1 is 0.944 bits per heavy atom. The van der Waals surface area contributed by atoms with Gasteiger partial charge in [-0.3, -0.25) is 0 Å². The predicted octanol–water partition coefficient (Wildman–Crippen LogP) is 6.58. The van der Waals surface area contributed by atoms with Gasteiger partial charge >= 0.3 is 0 Å². The highest BCUT2D eigenvalue weighted by molar-refractivity contribution is 5.29. The van der Waals surface area contributed by atoms with Gasteiger partial charge in [0, 0.05) is 5.41 Å². The molecule has 0 aromatic rings. The molecule has 0 spiro atoms. The Kier molecular flexibility index (Phi) is 13.6. The average molecular weight is 250 g/mol. The molecule has 0 saturated carbocycles. The van der Waals surface area contributed by atoms with Crippen LogP contribution in [0.15, 0.2) is 49.6 Å². The molecule has 0 aliphatic heterocycles. The van der Waals surface area contributed by atoms with Gasteiger partial charge in [-0.25, -0.2) is 0 Å². The minimum Gasteiger partial charge on any atom is -0.106 e. The SMILES string of the molecule is C=C.C=CC(C)(C)C(/C=C\C(C)(C)C)=C/C.CC. The number of rotatable bonds is 3. The van der Waals surface area contributed by atoms with Crippen molar-refractivity contribution < 1.29 is 0 Å². The van der Waals surface area contributed by atoms with Crippen molar-refractivity contribution in [1.29, 1.82) is 0 Å². The van der Waals surface area contributed by atoms with E-state index in [0.29, 0.717) is 0 Å². The summed E-state index contributed by atoms with van der Waals surface area (Å²) < 4.78 is 0. The Balaban J connectivity index is -0.000000506. The van der Waals surface area contributed by atoms with Gasteiger partial charge in [0.2, 0.25) is 0 Å². The smallest absolute Gasteiger partial charge is 0.00693 e. The van der Waals surface area contributed by atoms with E-state index in [9.17, 15) is 0 Å². The van der Waals surface area contributed by atoms with Crippen molar-refractivity contribution in [2.75, 3.05) is 0 Å². The molecule has 0 aromatic heterocycles. The van der Waals surface area contributed by atoms with E-state index in [-0.39, 0.29) is 10.8 Å². The van der Waals surface area contributed by atoms with Crippen molar-refractivity contribution in [3.63, 3.8) is 0 Å². The van der Waals surface area contributed by atoms with Crippen LogP contribution in [-0.4, -0.2) is 0 Å². The first-order valence-corrected chi connectivity index (χ1v) is 6.72. The topological polar surface area (TPSA) is 0 Å². The van der Waals surface area contributed by atoms with Gasteiger partial charge in [-0.1, -0.05) is 72.8 Å². The van der Waals surface area contributed by atoms with E-state index in [1.54, 1.807) is 0 Å². The van der Waals surface area contributed by atoms with Crippen LogP contribution in [0.3, 0.4) is 0 Å². The standard InChI is InChI=1S/C14H24.C2H6.C2H4/c1-8-12(14(6,7)9-2)10-11-13(3,4)5;2*1-2/h8-11H,2H2,1,3-7H3;1-2H3;1-2H2/b11-10-,12-8+;;. The van der Waals surface area contributed by atoms with Crippen LogP contribution in [0, 0.1) is 10.8 Å². The van der Waals surface area contributed by atoms with Gasteiger partial charge in [0.05, 0.1) is 0 Å². The molecule has 0 bridgehead atoms. The second-order valence-electron chi connectivity index (χ2n) is 5.37. The third-order valence-corrected chi connectivity index (χ3v) is 2.33. The number of allylic oxidation sites excluding steroid dienone is 5. The molecule has 106 valence electrons. The molecule has 0 N–H and O–H groups in total. The average Bonchev–Trinajstić information content (AvgIpc) is 2.33. The maximum absolute atomic E-state index is 3.87. The molecule has 0 radical (unpaired) electrons. The summed E-state index contributed by atoms with van der Waals surface area (Å²) in [4.78, 5) is 0. The van der Waals surface area contributed by atoms with E-state index >= 15 is 0 Å². The molecule has 18 heavy (non-hydrogen) atoms. The minimum atomic E-state index is 0.0660. The van der Waals surface area contributed by atoms with Gasteiger partial charge in [0.15, 0.2) is 0 Å². The van der Waals surface area contributed by atoms with Gasteiger partial charge in [-0.2, -0.15) is 0 Å². The molecule has 0 rings (SSSR count). The maximum Gasteiger partial charge on any atom is 0.00693 e. The fourth-order valence-electron chi connectivity index (χ4n) is 1.14. The molecule has 0 heterocycles. The number of hydrogen-bond acceptors (Lipinski definition) is 0. The molecule has 0 saturated heterocycles. The summed E-state index contributed by atoms with van der Waals surface area (Å²) in [7, 11) is 0. The van der Waals surface area contributed by atoms with E-state index in [2.05, 4.69) is 79.5 Å². The van der Waals surface area contributed by atoms with Crippen molar-refractivity contribution in [3.05, 3.63) is 49.6 Å². The minimum absolute atomic E-state index is 0.0660. The lowest BCUT2D eigenvalue weighted by Crippen LogP contribution is -2.10. The van der Waals surface area contributed by atoms with Crippen LogP contribution >= 0.6 is 0 Å². The van der Waals surface area contributed by atoms with E-state index in [4.69, 9.17) is 0 Å². The molecule has 0 nitrogen and oxygen atoms in total. The summed E-state index contributed by atoms with van der Waals surface area (Å²) in [5.41, 5.74) is 1.63. The van der Waals surface area contributed by atoms with Crippen LogP contribution < -0.4 is 0 Å². The van der Waals surface area contributed by atoms with Gasteiger partial charge in [-0.15, -0.1) is 19.7 Å². The molecule has 0 heteroatoms. The third-order valence-electron chi connectivity index (χ3n) is 2.33. The van der Waals surface area contributed by atoms with Crippen LogP contribution in [0.5, 0.6) is 0 Å². The predicted molar refractivity (Wildman–Crippen MR) is 88.9 cm³/mol. The molecule has 0 unspecified atom stereocenters. The second kappa shape index (κ2) is 11.1. The molecule has 0 amide bonds. The van der Waals surface area contributed by atoms with E-state index in [1.807, 2.05) is 19.9 Å². The van der Waals surface area contributed by atoms with Gasteiger partial charge in [0.25, 0.3) is 0 Å². The highest BCUT2D eigenvalue weighted by Gasteiger charge is 2.16. The van der Waals surface area contributed by atoms with E-state index in [0.717, 1.165) is 0 Å². The third kappa shape index (κ3) is 11.4. The lowest BCUT2D eigenvalue weighted by atomic mass is 9.82. The summed E-state index contributed by atoms with van der Waals surface area (Å²) in [6, 6.07) is 0. The first kappa shape index (κ1) is 22.2. The molecular formula is C18H34. The lowest BCUT2D eigenvalue weighted by Gasteiger charge is -2.22. The first-order valence-electron chi connectivity index (χ1n) is 6.72. The van der Waals surface area contributed by atoms with E-state index < -0.39 is 0 Å². The van der Waals surface area contributed by atoms with E-state index in [1.165, 1.54) is 5.57 Å². The van der Waals surface area contributed by atoms with Gasteiger partial charge in [0.1, 0.15) is 0 Å². The zero-order chi connectivity index (χ0) is 15.4. The number of hydrogen-bond donors (Lipinski definition) is 0. The Morgan fingerprint density at radius 3 is 1.56 bits per heavy atom. The summed E-state index contributed by atoms with van der Waals surface area (Å²) in [5, 5.41) is 0. The molecule has 0 atom stereocenters. The molecule has 0 aliphatic carbocycles. The summed E-state index contributed by atoms with van der Waals surface area (Å²) >= 11 is 0. The van der Waals surface area contributed by atoms with Gasteiger partial charge in [-0.05, 0) is 17.9 Å². The highest BCUT2D eigenvalue weighted by atomic mass is 14.2. The van der Waals surface area contributed by atoms with Crippen LogP contribution in [0.25, 0.3) is 0 Å². The maximum atomic E-state index is 3.87.